The zero-order valence-electron chi connectivity index (χ0n) is 28.1. The zero-order chi connectivity index (χ0) is 34.0. The van der Waals surface area contributed by atoms with Gasteiger partial charge in [-0.15, -0.1) is 0 Å². The van der Waals surface area contributed by atoms with Crippen molar-refractivity contribution in [2.75, 3.05) is 7.11 Å². The summed E-state index contributed by atoms with van der Waals surface area (Å²) in [4.78, 5) is 13.4. The number of phenols is 1. The van der Waals surface area contributed by atoms with Crippen molar-refractivity contribution in [2.45, 2.75) is 70.5 Å². The lowest BCUT2D eigenvalue weighted by molar-refractivity contribution is -0.121. The summed E-state index contributed by atoms with van der Waals surface area (Å²) in [5, 5.41) is 23.1. The molecule has 0 saturated carbocycles. The van der Waals surface area contributed by atoms with Gasteiger partial charge < -0.3 is 24.4 Å². The van der Waals surface area contributed by atoms with E-state index in [0.717, 1.165) is 53.1 Å². The van der Waals surface area contributed by atoms with Crippen LogP contribution in [0.4, 0.5) is 0 Å². The highest BCUT2D eigenvalue weighted by molar-refractivity contribution is 5.88. The van der Waals surface area contributed by atoms with Crippen LogP contribution in [0.5, 0.6) is 17.2 Å². The van der Waals surface area contributed by atoms with Crippen molar-refractivity contribution in [3.05, 3.63) is 125 Å². The van der Waals surface area contributed by atoms with E-state index in [1.165, 1.54) is 5.56 Å². The molecule has 0 aromatic heterocycles. The first-order valence-corrected chi connectivity index (χ1v) is 17.3. The van der Waals surface area contributed by atoms with Crippen LogP contribution in [0.2, 0.25) is 0 Å². The molecule has 6 heteroatoms. The molecule has 6 bridgehead atoms. The molecule has 4 aromatic rings. The minimum absolute atomic E-state index is 0.0144. The van der Waals surface area contributed by atoms with Gasteiger partial charge in [-0.05, 0) is 108 Å². The number of Topliss-reactive ketones (excluding diaryl/α,β-unsaturated/α-hetero) is 1. The maximum atomic E-state index is 13.4. The Labute approximate surface area is 289 Å². The third-order valence-corrected chi connectivity index (χ3v) is 9.58. The van der Waals surface area contributed by atoms with E-state index in [0.29, 0.717) is 43.8 Å². The number of hydrogen-bond acceptors (Lipinski definition) is 6. The van der Waals surface area contributed by atoms with Gasteiger partial charge in [-0.1, -0.05) is 73.0 Å². The molecule has 252 valence electrons. The van der Waals surface area contributed by atoms with Crippen molar-refractivity contribution in [2.24, 2.45) is 11.8 Å². The van der Waals surface area contributed by atoms with Crippen LogP contribution in [0.25, 0.3) is 10.8 Å². The first-order valence-electron chi connectivity index (χ1n) is 17.3. The zero-order valence-corrected chi connectivity index (χ0v) is 28.1. The van der Waals surface area contributed by atoms with Gasteiger partial charge in [0.15, 0.2) is 11.5 Å². The second-order valence-corrected chi connectivity index (χ2v) is 13.1. The summed E-state index contributed by atoms with van der Waals surface area (Å²) >= 11 is 0. The molecule has 2 heterocycles. The summed E-state index contributed by atoms with van der Waals surface area (Å²) in [6, 6.07) is 25.9. The van der Waals surface area contributed by atoms with Gasteiger partial charge in [-0.2, -0.15) is 0 Å². The number of ketones is 1. The number of benzene rings is 4. The number of fused-ring (bicyclic) bond motifs is 9. The molecule has 0 spiro atoms. The number of hydrogen-bond donors (Lipinski definition) is 2. The van der Waals surface area contributed by atoms with Crippen molar-refractivity contribution < 1.29 is 29.2 Å². The number of ether oxygens (including phenoxy) is 3. The fourth-order valence-corrected chi connectivity index (χ4v) is 6.89. The quantitative estimate of drug-likeness (QED) is 0.146. The maximum Gasteiger partial charge on any atom is 0.161 e. The molecule has 0 unspecified atom stereocenters. The molecule has 6 nitrogen and oxygen atoms in total. The van der Waals surface area contributed by atoms with E-state index in [4.69, 9.17) is 14.2 Å². The van der Waals surface area contributed by atoms with Crippen LogP contribution in [0.1, 0.15) is 60.8 Å². The van der Waals surface area contributed by atoms with Gasteiger partial charge in [0.25, 0.3) is 0 Å². The second kappa shape index (κ2) is 16.3. The molecule has 3 atom stereocenters. The van der Waals surface area contributed by atoms with Crippen LogP contribution in [-0.4, -0.2) is 29.2 Å². The molecule has 49 heavy (non-hydrogen) atoms. The summed E-state index contributed by atoms with van der Waals surface area (Å²) < 4.78 is 17.9. The monoisotopic (exact) mass is 656 g/mol. The van der Waals surface area contributed by atoms with Gasteiger partial charge >= 0.3 is 0 Å². The Morgan fingerprint density at radius 3 is 2.63 bits per heavy atom. The number of unbranched alkanes of at least 4 members (excludes halogenated alkanes) is 1. The minimum Gasteiger partial charge on any atom is -0.508 e. The number of methoxy groups -OCH3 is 1. The van der Waals surface area contributed by atoms with Crippen molar-refractivity contribution in [3.63, 3.8) is 0 Å². The molecule has 1 aliphatic carbocycles. The number of rotatable bonds is 8. The Morgan fingerprint density at radius 2 is 1.78 bits per heavy atom. The highest BCUT2D eigenvalue weighted by atomic mass is 16.5. The van der Waals surface area contributed by atoms with E-state index in [-0.39, 0.29) is 35.5 Å². The summed E-state index contributed by atoms with van der Waals surface area (Å²) in [6.45, 7) is 0.342. The largest absolute Gasteiger partial charge is 0.508 e. The van der Waals surface area contributed by atoms with Crippen LogP contribution in [-0.2, 0) is 35.4 Å². The Morgan fingerprint density at radius 1 is 0.918 bits per heavy atom. The molecule has 0 saturated heterocycles. The van der Waals surface area contributed by atoms with Crippen LogP contribution in [0.3, 0.4) is 0 Å². The molecule has 4 aromatic carbocycles. The van der Waals surface area contributed by atoms with Crippen molar-refractivity contribution in [1.82, 2.24) is 0 Å². The third kappa shape index (κ3) is 9.06. The number of aryl methyl sites for hydroxylation is 2. The van der Waals surface area contributed by atoms with E-state index in [1.807, 2.05) is 48.5 Å². The van der Waals surface area contributed by atoms with Crippen molar-refractivity contribution in [3.8, 4) is 29.3 Å². The standard InChI is InChI=1S/C43H44O6/c1-47-42-22-15-31-13-18-37(45)28-38(27-35-26-36(44)19-16-33(35)11-6-5-10-30-8-3-2-4-9-30)48-23-7-12-40-39-20-14-32(29-49-43(42)25-31)24-34(39)17-21-41(40)46/h2-4,8-9,14-17,19-22,24-26,33,35,38,44,46H,5-6,10-13,18,27-29H2,1H3/t33-,35-,38+/m1/s1. The average molecular weight is 657 g/mol. The SMILES string of the molecule is COc1ccc2cc1OCc1ccc3c(c(O)ccc3c1)CC#CO[C@@H](C[C@H]1C=C(O)C=C[C@H]1CCCCc1ccccc1)CC(=O)CC2. The van der Waals surface area contributed by atoms with Crippen LogP contribution in [0.15, 0.2) is 103 Å². The normalized spacial score (nSPS) is 19.5. The molecule has 2 aliphatic heterocycles. The predicted molar refractivity (Wildman–Crippen MR) is 193 cm³/mol. The first kappa shape index (κ1) is 33.7. The fraction of sp³-hybridized carbons (Fsp3) is 0.326. The number of allylic oxidation sites excluding steroid dienone is 3. The molecular weight excluding hydrogens is 612 g/mol. The second-order valence-electron chi connectivity index (χ2n) is 13.1. The Hall–Kier alpha value is -5.15. The van der Waals surface area contributed by atoms with Gasteiger partial charge in [0.2, 0.25) is 0 Å². The number of carbonyl (C=O) groups excluding carboxylic acids is 1. The predicted octanol–water partition coefficient (Wildman–Crippen LogP) is 8.97. The van der Waals surface area contributed by atoms with Crippen LogP contribution < -0.4 is 9.47 Å². The van der Waals surface area contributed by atoms with Gasteiger partial charge in [-0.3, -0.25) is 4.79 Å². The van der Waals surface area contributed by atoms with Gasteiger partial charge in [0, 0.05) is 24.8 Å². The number of phenolic OH excluding ortho intramolecular Hbond substituents is 1. The third-order valence-electron chi connectivity index (χ3n) is 9.58. The number of aliphatic hydroxyl groups is 1. The van der Waals surface area contributed by atoms with Crippen molar-refractivity contribution >= 4 is 16.6 Å². The van der Waals surface area contributed by atoms with E-state index in [9.17, 15) is 15.0 Å². The first-order chi connectivity index (χ1) is 23.9. The van der Waals surface area contributed by atoms with E-state index < -0.39 is 6.10 Å². The molecule has 0 amide bonds. The van der Waals surface area contributed by atoms with Gasteiger partial charge in [0.05, 0.1) is 7.11 Å². The Bertz CT molecular complexity index is 1880. The van der Waals surface area contributed by atoms with E-state index >= 15 is 0 Å². The maximum absolute atomic E-state index is 13.4. The number of carbonyl (C=O) groups is 1. The molecular formula is C43H44O6. The molecule has 2 N–H and O–H groups in total. The number of aromatic hydroxyl groups is 1. The topological polar surface area (TPSA) is 85.2 Å². The smallest absolute Gasteiger partial charge is 0.161 e. The Kier molecular flexibility index (Phi) is 11.2. The lowest BCUT2D eigenvalue weighted by atomic mass is 9.80. The molecule has 7 rings (SSSR count). The van der Waals surface area contributed by atoms with E-state index in [2.05, 4.69) is 48.4 Å². The lowest BCUT2D eigenvalue weighted by Gasteiger charge is -2.28. The average Bonchev–Trinajstić information content (AvgIpc) is 3.11. The fourth-order valence-electron chi connectivity index (χ4n) is 6.89. The summed E-state index contributed by atoms with van der Waals surface area (Å²) in [7, 11) is 1.62. The van der Waals surface area contributed by atoms with E-state index in [1.54, 1.807) is 19.3 Å². The van der Waals surface area contributed by atoms with Crippen molar-refractivity contribution in [1.29, 1.82) is 0 Å². The summed E-state index contributed by atoms with van der Waals surface area (Å²) in [6.07, 6.45) is 14.3. The molecule has 0 radical (unpaired) electrons. The minimum atomic E-state index is -0.451. The molecule has 3 aliphatic rings. The van der Waals surface area contributed by atoms with Crippen LogP contribution in [0, 0.1) is 23.9 Å². The molecule has 0 fully saturated rings. The highest BCUT2D eigenvalue weighted by Crippen LogP contribution is 2.34. The summed E-state index contributed by atoms with van der Waals surface area (Å²) in [5.74, 6) is 5.10. The van der Waals surface area contributed by atoms with Gasteiger partial charge in [0.1, 0.15) is 36.1 Å². The lowest BCUT2D eigenvalue weighted by Crippen LogP contribution is -2.24. The van der Waals surface area contributed by atoms with Gasteiger partial charge in [-0.25, -0.2) is 0 Å². The number of aliphatic hydroxyl groups excluding tert-OH is 1. The van der Waals surface area contributed by atoms with Crippen LogP contribution >= 0.6 is 0 Å². The Balaban J connectivity index is 1.22. The summed E-state index contributed by atoms with van der Waals surface area (Å²) in [5.41, 5.74) is 4.03. The highest BCUT2D eigenvalue weighted by Gasteiger charge is 2.27.